The van der Waals surface area contributed by atoms with Crippen LogP contribution in [0, 0.1) is 0 Å². The molecule has 2 N–H and O–H groups in total. The Balaban J connectivity index is 1.55. The number of fused-ring (bicyclic) bond motifs is 1. The van der Waals surface area contributed by atoms with Crippen LogP contribution in [0.1, 0.15) is 49.2 Å². The summed E-state index contributed by atoms with van der Waals surface area (Å²) < 4.78 is 43.2. The molecule has 5 rings (SSSR count). The van der Waals surface area contributed by atoms with Crippen LogP contribution in [0.4, 0.5) is 4.39 Å². The van der Waals surface area contributed by atoms with E-state index in [4.69, 9.17) is 4.74 Å². The normalized spacial score (nSPS) is 20.7. The van der Waals surface area contributed by atoms with Gasteiger partial charge in [-0.3, -0.25) is 4.79 Å². The van der Waals surface area contributed by atoms with Crippen molar-refractivity contribution < 1.29 is 27.4 Å². The van der Waals surface area contributed by atoms with Crippen molar-refractivity contribution in [3.8, 4) is 11.4 Å². The Morgan fingerprint density at radius 1 is 1.29 bits per heavy atom. The number of alkyl halides is 1. The fourth-order valence-corrected chi connectivity index (χ4v) is 6.62. The van der Waals surface area contributed by atoms with E-state index < -0.39 is 33.2 Å². The molecule has 34 heavy (non-hydrogen) atoms. The lowest BCUT2D eigenvalue weighted by Crippen LogP contribution is -2.63. The Kier molecular flexibility index (Phi) is 5.17. The second kappa shape index (κ2) is 7.74. The molecule has 11 heteroatoms. The molecule has 1 amide bonds. The van der Waals surface area contributed by atoms with Crippen molar-refractivity contribution in [1.82, 2.24) is 20.1 Å². The first-order chi connectivity index (χ1) is 16.0. The molecule has 180 valence electrons. The molecule has 0 radical (unpaired) electrons. The third-order valence-corrected chi connectivity index (χ3v) is 8.41. The van der Waals surface area contributed by atoms with Crippen molar-refractivity contribution in [1.29, 1.82) is 0 Å². The van der Waals surface area contributed by atoms with Crippen molar-refractivity contribution in [3.63, 3.8) is 0 Å². The maximum atomic E-state index is 13.3. The molecule has 1 aromatic carbocycles. The number of amides is 1. The van der Waals surface area contributed by atoms with Gasteiger partial charge in [-0.2, -0.15) is 5.10 Å². The van der Waals surface area contributed by atoms with E-state index in [0.29, 0.717) is 41.0 Å². The molecule has 1 unspecified atom stereocenters. The Morgan fingerprint density at radius 2 is 2.03 bits per heavy atom. The molecule has 1 aliphatic heterocycles. The second-order valence-electron chi connectivity index (χ2n) is 9.45. The van der Waals surface area contributed by atoms with Gasteiger partial charge in [0.1, 0.15) is 17.0 Å². The number of aromatic nitrogens is 3. The fourth-order valence-electron chi connectivity index (χ4n) is 4.62. The molecule has 1 aliphatic carbocycles. The molecule has 2 fully saturated rings. The standard InChI is InChI=1S/C23H25FN4O5S/c1-14(24)33-17-6-3-5-16(10-17)28-20-18(19(27-28)23(30)7-4-8-23)9-15(11-25-20)21(29)26-22(2)12-34(31,32)13-22/h3,5-6,9-11,14,30H,4,7-8,12-13H2,1-2H3,(H,26,29). The Morgan fingerprint density at radius 3 is 2.65 bits per heavy atom. The molecule has 2 aromatic heterocycles. The Bertz CT molecular complexity index is 1390. The number of halogens is 1. The van der Waals surface area contributed by atoms with Crippen LogP contribution in [0.3, 0.4) is 0 Å². The summed E-state index contributed by atoms with van der Waals surface area (Å²) in [7, 11) is -3.12. The van der Waals surface area contributed by atoms with Crippen LogP contribution in [0.5, 0.6) is 5.75 Å². The minimum Gasteiger partial charge on any atom is -0.461 e. The van der Waals surface area contributed by atoms with E-state index in [2.05, 4.69) is 15.4 Å². The first kappa shape index (κ1) is 22.7. The van der Waals surface area contributed by atoms with Gasteiger partial charge in [-0.15, -0.1) is 0 Å². The average molecular weight is 489 g/mol. The number of benzene rings is 1. The first-order valence-corrected chi connectivity index (χ1v) is 12.8. The molecule has 2 aliphatic rings. The van der Waals surface area contributed by atoms with Crippen LogP contribution < -0.4 is 10.1 Å². The molecule has 3 aromatic rings. The lowest BCUT2D eigenvalue weighted by molar-refractivity contribution is -0.0416. The highest BCUT2D eigenvalue weighted by atomic mass is 32.2. The molecule has 1 atom stereocenters. The van der Waals surface area contributed by atoms with Gasteiger partial charge in [0.25, 0.3) is 5.91 Å². The predicted octanol–water partition coefficient (Wildman–Crippen LogP) is 2.40. The van der Waals surface area contributed by atoms with Gasteiger partial charge in [0.2, 0.25) is 6.36 Å². The van der Waals surface area contributed by atoms with Gasteiger partial charge in [0, 0.05) is 24.6 Å². The number of carbonyl (C=O) groups is 1. The van der Waals surface area contributed by atoms with E-state index in [1.807, 2.05) is 0 Å². The molecule has 3 heterocycles. The van der Waals surface area contributed by atoms with Crippen LogP contribution in [0.2, 0.25) is 0 Å². The van der Waals surface area contributed by atoms with E-state index in [-0.39, 0.29) is 17.1 Å². The van der Waals surface area contributed by atoms with Gasteiger partial charge in [-0.1, -0.05) is 6.07 Å². The lowest BCUT2D eigenvalue weighted by atomic mass is 9.77. The van der Waals surface area contributed by atoms with Gasteiger partial charge in [0.05, 0.1) is 28.3 Å². The third kappa shape index (κ3) is 4.03. The largest absolute Gasteiger partial charge is 0.461 e. The molecule has 0 spiro atoms. The summed E-state index contributed by atoms with van der Waals surface area (Å²) >= 11 is 0. The van der Waals surface area contributed by atoms with Crippen molar-refractivity contribution in [2.45, 2.75) is 50.6 Å². The minimum absolute atomic E-state index is 0.111. The van der Waals surface area contributed by atoms with E-state index in [1.165, 1.54) is 17.8 Å². The molecular formula is C23H25FN4O5S. The van der Waals surface area contributed by atoms with E-state index in [1.54, 1.807) is 37.3 Å². The SMILES string of the molecule is CC(F)Oc1cccc(-n2nc(C3(O)CCC3)c3cc(C(=O)NC4(C)CS(=O)(=O)C4)cnc32)c1. The topological polar surface area (TPSA) is 123 Å². The van der Waals surface area contributed by atoms with E-state index in [9.17, 15) is 22.7 Å². The highest BCUT2D eigenvalue weighted by molar-refractivity contribution is 7.93. The van der Waals surface area contributed by atoms with Gasteiger partial charge >= 0.3 is 0 Å². The van der Waals surface area contributed by atoms with Crippen molar-refractivity contribution in [2.75, 3.05) is 11.5 Å². The summed E-state index contributed by atoms with van der Waals surface area (Å²) in [4.78, 5) is 17.3. The number of hydrogen-bond acceptors (Lipinski definition) is 7. The zero-order chi connectivity index (χ0) is 24.3. The van der Waals surface area contributed by atoms with Crippen LogP contribution >= 0.6 is 0 Å². The third-order valence-electron chi connectivity index (χ3n) is 6.26. The number of carbonyl (C=O) groups excluding carboxylic acids is 1. The highest BCUT2D eigenvalue weighted by Crippen LogP contribution is 2.43. The minimum atomic E-state index is -3.12. The summed E-state index contributed by atoms with van der Waals surface area (Å²) in [6.45, 7) is 2.97. The number of ether oxygens (including phenoxy) is 1. The lowest BCUT2D eigenvalue weighted by Gasteiger charge is -2.38. The van der Waals surface area contributed by atoms with Crippen LogP contribution in [-0.4, -0.2) is 57.6 Å². The Hall–Kier alpha value is -3.05. The number of rotatable bonds is 6. The highest BCUT2D eigenvalue weighted by Gasteiger charge is 2.46. The summed E-state index contributed by atoms with van der Waals surface area (Å²) in [5.41, 5.74) is -0.305. The number of sulfone groups is 1. The number of pyridine rings is 1. The quantitative estimate of drug-likeness (QED) is 0.546. The van der Waals surface area contributed by atoms with Crippen LogP contribution in [0.15, 0.2) is 36.5 Å². The van der Waals surface area contributed by atoms with Crippen LogP contribution in [-0.2, 0) is 15.4 Å². The Labute approximate surface area is 195 Å². The fraction of sp³-hybridized carbons (Fsp3) is 0.435. The summed E-state index contributed by atoms with van der Waals surface area (Å²) in [5, 5.41) is 19.0. The van der Waals surface area contributed by atoms with Crippen molar-refractivity contribution >= 4 is 26.8 Å². The van der Waals surface area contributed by atoms with Gasteiger partial charge in [-0.25, -0.2) is 22.5 Å². The second-order valence-corrected chi connectivity index (χ2v) is 11.5. The number of hydrogen-bond donors (Lipinski definition) is 2. The van der Waals surface area contributed by atoms with E-state index >= 15 is 0 Å². The summed E-state index contributed by atoms with van der Waals surface area (Å²) in [6.07, 6.45) is 1.83. The zero-order valence-electron chi connectivity index (χ0n) is 18.8. The van der Waals surface area contributed by atoms with Crippen LogP contribution in [0.25, 0.3) is 16.7 Å². The summed E-state index contributed by atoms with van der Waals surface area (Å²) in [6, 6.07) is 8.33. The van der Waals surface area contributed by atoms with Gasteiger partial charge < -0.3 is 15.2 Å². The molecule has 9 nitrogen and oxygen atoms in total. The maximum absolute atomic E-state index is 13.3. The predicted molar refractivity (Wildman–Crippen MR) is 122 cm³/mol. The number of aliphatic hydroxyl groups is 1. The smallest absolute Gasteiger partial charge is 0.253 e. The maximum Gasteiger partial charge on any atom is 0.253 e. The number of nitrogens with zero attached hydrogens (tertiary/aromatic N) is 3. The average Bonchev–Trinajstić information content (AvgIpc) is 3.09. The molecule has 0 bridgehead atoms. The van der Waals surface area contributed by atoms with Crippen molar-refractivity contribution in [3.05, 3.63) is 47.8 Å². The number of nitrogens with one attached hydrogen (secondary N) is 1. The molecular weight excluding hydrogens is 463 g/mol. The zero-order valence-corrected chi connectivity index (χ0v) is 19.6. The van der Waals surface area contributed by atoms with Gasteiger partial charge in [0.15, 0.2) is 15.5 Å². The monoisotopic (exact) mass is 488 g/mol. The molecule has 1 saturated heterocycles. The first-order valence-electron chi connectivity index (χ1n) is 11.0. The molecule has 1 saturated carbocycles. The van der Waals surface area contributed by atoms with Gasteiger partial charge in [-0.05, 0) is 44.4 Å². The summed E-state index contributed by atoms with van der Waals surface area (Å²) in [5.74, 6) is -0.348. The van der Waals surface area contributed by atoms with E-state index in [0.717, 1.165) is 6.42 Å². The van der Waals surface area contributed by atoms with Crippen molar-refractivity contribution in [2.24, 2.45) is 0 Å².